The maximum Gasteiger partial charge on any atom is 0.167 e. The van der Waals surface area contributed by atoms with Gasteiger partial charge in [-0.2, -0.15) is 0 Å². The van der Waals surface area contributed by atoms with Crippen LogP contribution in [0, 0.1) is 6.92 Å². The van der Waals surface area contributed by atoms with Gasteiger partial charge in [0.1, 0.15) is 5.75 Å². The summed E-state index contributed by atoms with van der Waals surface area (Å²) in [5, 5.41) is 0.571. The van der Waals surface area contributed by atoms with Crippen molar-refractivity contribution in [1.82, 2.24) is 4.40 Å². The van der Waals surface area contributed by atoms with Crippen molar-refractivity contribution in [2.24, 2.45) is 0 Å². The molecule has 0 radical (unpaired) electrons. The topological polar surface area (TPSA) is 30.7 Å². The number of halogens is 1. The SMILES string of the molecule is CCOc1ccc(-c2cc3ccc(C)cn3c2C=O)c(Cl)c1. The lowest BCUT2D eigenvalue weighted by Crippen LogP contribution is -1.94. The van der Waals surface area contributed by atoms with Gasteiger partial charge < -0.3 is 9.14 Å². The molecule has 22 heavy (non-hydrogen) atoms. The van der Waals surface area contributed by atoms with Crippen molar-refractivity contribution in [3.8, 4) is 16.9 Å². The van der Waals surface area contributed by atoms with Crippen molar-refractivity contribution in [2.45, 2.75) is 13.8 Å². The monoisotopic (exact) mass is 313 g/mol. The van der Waals surface area contributed by atoms with E-state index in [4.69, 9.17) is 16.3 Å². The zero-order chi connectivity index (χ0) is 15.7. The molecular formula is C18H16ClNO2. The van der Waals surface area contributed by atoms with E-state index < -0.39 is 0 Å². The van der Waals surface area contributed by atoms with Crippen molar-refractivity contribution in [2.75, 3.05) is 6.61 Å². The number of aromatic nitrogens is 1. The van der Waals surface area contributed by atoms with E-state index in [1.807, 2.05) is 54.8 Å². The molecule has 0 spiro atoms. The standard InChI is InChI=1S/C18H16ClNO2/c1-3-22-14-6-7-15(17(19)9-14)16-8-13-5-4-12(2)10-20(13)18(16)11-21/h4-11H,3H2,1-2H3. The second kappa shape index (κ2) is 5.85. The summed E-state index contributed by atoms with van der Waals surface area (Å²) >= 11 is 6.38. The molecule has 0 aliphatic rings. The van der Waals surface area contributed by atoms with Crippen LogP contribution in [0.25, 0.3) is 16.6 Å². The zero-order valence-electron chi connectivity index (χ0n) is 12.5. The molecule has 2 heterocycles. The van der Waals surface area contributed by atoms with Gasteiger partial charge in [0.2, 0.25) is 0 Å². The minimum atomic E-state index is 0.571. The van der Waals surface area contributed by atoms with Crippen LogP contribution in [0.15, 0.2) is 42.6 Å². The first-order valence-corrected chi connectivity index (χ1v) is 7.51. The first-order chi connectivity index (χ1) is 10.6. The average molecular weight is 314 g/mol. The first kappa shape index (κ1) is 14.7. The lowest BCUT2D eigenvalue weighted by Gasteiger charge is -2.07. The van der Waals surface area contributed by atoms with Gasteiger partial charge in [0.05, 0.1) is 17.3 Å². The third-order valence-electron chi connectivity index (χ3n) is 3.61. The molecule has 0 unspecified atom stereocenters. The van der Waals surface area contributed by atoms with Crippen LogP contribution in [0.3, 0.4) is 0 Å². The highest BCUT2D eigenvalue weighted by molar-refractivity contribution is 6.33. The molecule has 0 atom stereocenters. The van der Waals surface area contributed by atoms with Gasteiger partial charge in [-0.3, -0.25) is 4.79 Å². The summed E-state index contributed by atoms with van der Waals surface area (Å²) in [5.41, 5.74) is 4.31. The number of aldehydes is 1. The fourth-order valence-electron chi connectivity index (χ4n) is 2.60. The van der Waals surface area contributed by atoms with Crippen LogP contribution in [0.2, 0.25) is 5.02 Å². The van der Waals surface area contributed by atoms with Crippen molar-refractivity contribution in [3.05, 3.63) is 58.9 Å². The second-order valence-electron chi connectivity index (χ2n) is 5.14. The number of ether oxygens (including phenoxy) is 1. The summed E-state index contributed by atoms with van der Waals surface area (Å²) in [5.74, 6) is 0.725. The number of pyridine rings is 1. The number of fused-ring (bicyclic) bond motifs is 1. The molecule has 0 saturated heterocycles. The lowest BCUT2D eigenvalue weighted by molar-refractivity contribution is 0.111. The van der Waals surface area contributed by atoms with Crippen LogP contribution in [0.4, 0.5) is 0 Å². The van der Waals surface area contributed by atoms with Crippen LogP contribution in [0.5, 0.6) is 5.75 Å². The highest BCUT2D eigenvalue weighted by Gasteiger charge is 2.14. The van der Waals surface area contributed by atoms with Crippen molar-refractivity contribution >= 4 is 23.4 Å². The Labute approximate surface area is 134 Å². The van der Waals surface area contributed by atoms with E-state index in [2.05, 4.69) is 0 Å². The van der Waals surface area contributed by atoms with Crippen LogP contribution >= 0.6 is 11.6 Å². The number of carbonyl (C=O) groups excluding carboxylic acids is 1. The van der Waals surface area contributed by atoms with E-state index in [1.165, 1.54) is 0 Å². The van der Waals surface area contributed by atoms with E-state index in [0.717, 1.165) is 34.2 Å². The molecule has 4 heteroatoms. The van der Waals surface area contributed by atoms with Gasteiger partial charge in [-0.05, 0) is 49.7 Å². The smallest absolute Gasteiger partial charge is 0.167 e. The third-order valence-corrected chi connectivity index (χ3v) is 3.92. The molecule has 0 saturated carbocycles. The molecule has 0 aliphatic carbocycles. The van der Waals surface area contributed by atoms with Crippen LogP contribution in [-0.4, -0.2) is 17.3 Å². The Kier molecular flexibility index (Phi) is 3.90. The minimum Gasteiger partial charge on any atom is -0.494 e. The molecule has 3 nitrogen and oxygen atoms in total. The minimum absolute atomic E-state index is 0.571. The number of carbonyl (C=O) groups is 1. The summed E-state index contributed by atoms with van der Waals surface area (Å²) in [6.07, 6.45) is 2.82. The number of aryl methyl sites for hydroxylation is 1. The van der Waals surface area contributed by atoms with Crippen LogP contribution in [-0.2, 0) is 0 Å². The summed E-state index contributed by atoms with van der Waals surface area (Å²) in [4.78, 5) is 11.6. The molecule has 3 aromatic rings. The second-order valence-corrected chi connectivity index (χ2v) is 5.54. The van der Waals surface area contributed by atoms with Gasteiger partial charge in [0, 0.05) is 22.8 Å². The van der Waals surface area contributed by atoms with Crippen molar-refractivity contribution in [1.29, 1.82) is 0 Å². The van der Waals surface area contributed by atoms with E-state index >= 15 is 0 Å². The van der Waals surface area contributed by atoms with Crippen LogP contribution in [0.1, 0.15) is 23.0 Å². The molecule has 0 amide bonds. The Morgan fingerprint density at radius 3 is 2.68 bits per heavy atom. The van der Waals surface area contributed by atoms with Gasteiger partial charge in [-0.1, -0.05) is 17.7 Å². The molecule has 0 aliphatic heterocycles. The van der Waals surface area contributed by atoms with Crippen LogP contribution < -0.4 is 4.74 Å². The van der Waals surface area contributed by atoms with Gasteiger partial charge >= 0.3 is 0 Å². The fraction of sp³-hybridized carbons (Fsp3) is 0.167. The summed E-state index contributed by atoms with van der Waals surface area (Å²) in [7, 11) is 0. The zero-order valence-corrected chi connectivity index (χ0v) is 13.2. The Bertz CT molecular complexity index is 852. The number of nitrogens with zero attached hydrogens (tertiary/aromatic N) is 1. The van der Waals surface area contributed by atoms with Gasteiger partial charge in [0.15, 0.2) is 6.29 Å². The van der Waals surface area contributed by atoms with E-state index in [0.29, 0.717) is 17.3 Å². The van der Waals surface area contributed by atoms with Gasteiger partial charge in [-0.15, -0.1) is 0 Å². The normalized spacial score (nSPS) is 10.9. The van der Waals surface area contributed by atoms with Crippen molar-refractivity contribution < 1.29 is 9.53 Å². The summed E-state index contributed by atoms with van der Waals surface area (Å²) < 4.78 is 7.34. The van der Waals surface area contributed by atoms with E-state index in [1.54, 1.807) is 6.07 Å². The highest BCUT2D eigenvalue weighted by atomic mass is 35.5. The maximum atomic E-state index is 11.6. The largest absolute Gasteiger partial charge is 0.494 e. The first-order valence-electron chi connectivity index (χ1n) is 7.13. The quantitative estimate of drug-likeness (QED) is 0.649. The molecule has 0 bridgehead atoms. The van der Waals surface area contributed by atoms with E-state index in [9.17, 15) is 4.79 Å². The Balaban J connectivity index is 2.19. The Morgan fingerprint density at radius 2 is 2.00 bits per heavy atom. The average Bonchev–Trinajstić information content (AvgIpc) is 2.85. The summed E-state index contributed by atoms with van der Waals surface area (Å²) in [6.45, 7) is 4.51. The highest BCUT2D eigenvalue weighted by Crippen LogP contribution is 2.34. The Hall–Kier alpha value is -2.26. The van der Waals surface area contributed by atoms with Gasteiger partial charge in [0.25, 0.3) is 0 Å². The number of rotatable bonds is 4. The summed E-state index contributed by atoms with van der Waals surface area (Å²) in [6, 6.07) is 11.5. The third kappa shape index (κ3) is 2.48. The predicted octanol–water partition coefficient (Wildman–Crippen LogP) is 4.78. The lowest BCUT2D eigenvalue weighted by atomic mass is 10.1. The molecule has 2 aromatic heterocycles. The fourth-order valence-corrected chi connectivity index (χ4v) is 2.88. The molecular weight excluding hydrogens is 298 g/mol. The molecule has 0 fully saturated rings. The molecule has 3 rings (SSSR count). The van der Waals surface area contributed by atoms with E-state index in [-0.39, 0.29) is 0 Å². The number of benzene rings is 1. The van der Waals surface area contributed by atoms with Gasteiger partial charge in [-0.25, -0.2) is 0 Å². The predicted molar refractivity (Wildman–Crippen MR) is 89.1 cm³/mol. The van der Waals surface area contributed by atoms with Crippen molar-refractivity contribution in [3.63, 3.8) is 0 Å². The molecule has 1 aromatic carbocycles. The number of hydrogen-bond acceptors (Lipinski definition) is 2. The molecule has 0 N–H and O–H groups in total. The Morgan fingerprint density at radius 1 is 1.18 bits per heavy atom. The molecule has 112 valence electrons. The maximum absolute atomic E-state index is 11.6. The number of hydrogen-bond donors (Lipinski definition) is 0.